The first-order valence-electron chi connectivity index (χ1n) is 9.10. The van der Waals surface area contributed by atoms with Crippen LogP contribution in [0, 0.1) is 5.92 Å². The molecule has 4 N–H and O–H groups in total. The molecule has 2 heterocycles. The highest BCUT2D eigenvalue weighted by atomic mass is 32.1. The highest BCUT2D eigenvalue weighted by Gasteiger charge is 2.27. The van der Waals surface area contributed by atoms with E-state index < -0.39 is 6.04 Å². The normalized spacial score (nSPS) is 15.9. The molecule has 0 aliphatic carbocycles. The van der Waals surface area contributed by atoms with Crippen LogP contribution in [-0.2, 0) is 20.8 Å². The lowest BCUT2D eigenvalue weighted by atomic mass is 9.96. The lowest BCUT2D eigenvalue weighted by molar-refractivity contribution is -0.131. The van der Waals surface area contributed by atoms with Gasteiger partial charge in [0.25, 0.3) is 0 Å². The van der Waals surface area contributed by atoms with E-state index in [0.29, 0.717) is 12.8 Å². The Labute approximate surface area is 161 Å². The summed E-state index contributed by atoms with van der Waals surface area (Å²) in [6.07, 6.45) is 2.48. The van der Waals surface area contributed by atoms with Gasteiger partial charge in [-0.05, 0) is 48.3 Å². The van der Waals surface area contributed by atoms with E-state index in [1.807, 2.05) is 29.6 Å². The predicted octanol–water partition coefficient (Wildman–Crippen LogP) is 0.748. The van der Waals surface area contributed by atoms with E-state index in [1.165, 1.54) is 0 Å². The van der Waals surface area contributed by atoms with Crippen LogP contribution in [0.1, 0.15) is 18.4 Å². The fourth-order valence-corrected chi connectivity index (χ4v) is 4.27. The lowest BCUT2D eigenvalue weighted by Crippen LogP contribution is -2.52. The van der Waals surface area contributed by atoms with E-state index in [9.17, 15) is 14.4 Å². The van der Waals surface area contributed by atoms with E-state index in [4.69, 9.17) is 0 Å². The third kappa shape index (κ3) is 5.05. The van der Waals surface area contributed by atoms with Crippen LogP contribution < -0.4 is 21.3 Å². The summed E-state index contributed by atoms with van der Waals surface area (Å²) in [5.41, 5.74) is 1.03. The molecule has 3 rings (SSSR count). The Morgan fingerprint density at radius 1 is 1.26 bits per heavy atom. The van der Waals surface area contributed by atoms with Gasteiger partial charge in [-0.2, -0.15) is 0 Å². The maximum Gasteiger partial charge on any atom is 0.244 e. The summed E-state index contributed by atoms with van der Waals surface area (Å²) < 4.78 is 1.15. The quantitative estimate of drug-likeness (QED) is 0.305. The van der Waals surface area contributed by atoms with Crippen LogP contribution >= 0.6 is 11.3 Å². The number of nitrogens with one attached hydrogen (secondary N) is 4. The van der Waals surface area contributed by atoms with Gasteiger partial charge in [0, 0.05) is 17.0 Å². The van der Waals surface area contributed by atoms with E-state index in [-0.39, 0.29) is 24.4 Å². The molecular weight excluding hydrogens is 364 g/mol. The van der Waals surface area contributed by atoms with E-state index in [0.717, 1.165) is 41.6 Å². The van der Waals surface area contributed by atoms with Crippen LogP contribution in [-0.4, -0.2) is 44.0 Å². The van der Waals surface area contributed by atoms with Gasteiger partial charge in [0.15, 0.2) is 0 Å². The van der Waals surface area contributed by atoms with Crippen LogP contribution in [0.25, 0.3) is 10.1 Å². The topological polar surface area (TPSA) is 99.3 Å². The van der Waals surface area contributed by atoms with Crippen LogP contribution in [0.4, 0.5) is 0 Å². The highest BCUT2D eigenvalue weighted by Crippen LogP contribution is 2.26. The van der Waals surface area contributed by atoms with Gasteiger partial charge in [-0.15, -0.1) is 11.3 Å². The molecule has 1 aliphatic rings. The maximum atomic E-state index is 12.6. The van der Waals surface area contributed by atoms with Gasteiger partial charge >= 0.3 is 0 Å². The Balaban J connectivity index is 1.73. The Morgan fingerprint density at radius 2 is 2.04 bits per heavy atom. The zero-order chi connectivity index (χ0) is 19.1. The molecule has 8 heteroatoms. The largest absolute Gasteiger partial charge is 0.344 e. The van der Waals surface area contributed by atoms with Crippen LogP contribution in [0.5, 0.6) is 0 Å². The maximum absolute atomic E-state index is 12.6. The van der Waals surface area contributed by atoms with Gasteiger partial charge in [0.1, 0.15) is 6.04 Å². The van der Waals surface area contributed by atoms with Crippen molar-refractivity contribution in [1.82, 2.24) is 21.3 Å². The molecule has 0 bridgehead atoms. The van der Waals surface area contributed by atoms with Crippen molar-refractivity contribution in [2.45, 2.75) is 25.3 Å². The number of fused-ring (bicyclic) bond motifs is 1. The minimum absolute atomic E-state index is 0.0342. The Bertz CT molecular complexity index is 801. The number of carbonyl (C=O) groups is 3. The zero-order valence-electron chi connectivity index (χ0n) is 15.0. The second kappa shape index (κ2) is 9.48. The molecule has 1 aromatic heterocycles. The number of hydrogen-bond acceptors (Lipinski definition) is 5. The van der Waals surface area contributed by atoms with Crippen LogP contribution in [0.3, 0.4) is 0 Å². The predicted molar refractivity (Wildman–Crippen MR) is 105 cm³/mol. The average Bonchev–Trinajstić information content (AvgIpc) is 3.11. The van der Waals surface area contributed by atoms with Gasteiger partial charge in [0.05, 0.1) is 6.67 Å². The minimum atomic E-state index is -0.682. The summed E-state index contributed by atoms with van der Waals surface area (Å²) in [5.74, 6) is -0.463. The number of hydrogen-bond donors (Lipinski definition) is 4. The summed E-state index contributed by atoms with van der Waals surface area (Å²) in [6, 6.07) is 7.34. The number of carbonyl (C=O) groups excluding carboxylic acids is 3. The van der Waals surface area contributed by atoms with Gasteiger partial charge in [-0.25, -0.2) is 0 Å². The van der Waals surface area contributed by atoms with Crippen molar-refractivity contribution >= 4 is 39.6 Å². The highest BCUT2D eigenvalue weighted by molar-refractivity contribution is 7.17. The molecule has 2 aromatic rings. The number of rotatable bonds is 8. The molecule has 0 spiro atoms. The van der Waals surface area contributed by atoms with Crippen LogP contribution in [0.15, 0.2) is 29.6 Å². The van der Waals surface area contributed by atoms with Crippen molar-refractivity contribution in [2.75, 3.05) is 19.8 Å². The second-order valence-corrected chi connectivity index (χ2v) is 7.50. The molecule has 0 radical (unpaired) electrons. The smallest absolute Gasteiger partial charge is 0.244 e. The summed E-state index contributed by atoms with van der Waals surface area (Å²) in [6.45, 7) is 1.66. The molecular formula is C19H24N4O3S. The number of piperidine rings is 1. The molecule has 0 saturated carbocycles. The number of benzene rings is 1. The summed E-state index contributed by atoms with van der Waals surface area (Å²) in [5, 5.41) is 14.4. The fraction of sp³-hybridized carbons (Fsp3) is 0.421. The first-order valence-corrected chi connectivity index (χ1v) is 9.98. The van der Waals surface area contributed by atoms with E-state index in [2.05, 4.69) is 21.3 Å². The van der Waals surface area contributed by atoms with Crippen molar-refractivity contribution in [3.8, 4) is 0 Å². The lowest BCUT2D eigenvalue weighted by Gasteiger charge is -2.25. The van der Waals surface area contributed by atoms with Crippen molar-refractivity contribution in [3.63, 3.8) is 0 Å². The van der Waals surface area contributed by atoms with Crippen LogP contribution in [0.2, 0.25) is 0 Å². The molecule has 27 heavy (non-hydrogen) atoms. The zero-order valence-corrected chi connectivity index (χ0v) is 15.8. The summed E-state index contributed by atoms with van der Waals surface area (Å²) in [4.78, 5) is 35.7. The Hall–Kier alpha value is -2.45. The molecule has 3 amide bonds. The molecule has 1 aromatic carbocycles. The first kappa shape index (κ1) is 19.3. The summed E-state index contributed by atoms with van der Waals surface area (Å²) in [7, 11) is 0. The average molecular weight is 388 g/mol. The van der Waals surface area contributed by atoms with Crippen molar-refractivity contribution in [3.05, 3.63) is 35.2 Å². The van der Waals surface area contributed by atoms with Gasteiger partial charge in [-0.1, -0.05) is 18.2 Å². The third-order valence-corrected chi connectivity index (χ3v) is 5.79. The first-order chi connectivity index (χ1) is 13.2. The monoisotopic (exact) mass is 388 g/mol. The molecule has 1 saturated heterocycles. The van der Waals surface area contributed by atoms with E-state index in [1.54, 1.807) is 11.3 Å². The summed E-state index contributed by atoms with van der Waals surface area (Å²) >= 11 is 1.62. The molecule has 1 unspecified atom stereocenters. The van der Waals surface area contributed by atoms with Crippen molar-refractivity contribution in [1.29, 1.82) is 0 Å². The minimum Gasteiger partial charge on any atom is -0.344 e. The standard InChI is InChI=1S/C19H24N4O3S/c24-12-21-11-22-19(26)16(23-18(25)13-5-7-20-8-6-13)9-14-10-27-17-4-2-1-3-15(14)17/h1-4,10,12-13,16,20H,5-9,11H2,(H,21,24)(H,22,26)(H,23,25). The number of thiophene rings is 1. The van der Waals surface area contributed by atoms with E-state index >= 15 is 0 Å². The molecule has 144 valence electrons. The molecule has 1 aliphatic heterocycles. The van der Waals surface area contributed by atoms with Gasteiger partial charge in [0.2, 0.25) is 18.2 Å². The van der Waals surface area contributed by atoms with Gasteiger partial charge < -0.3 is 21.3 Å². The van der Waals surface area contributed by atoms with Crippen molar-refractivity contribution < 1.29 is 14.4 Å². The molecule has 1 atom stereocenters. The Kier molecular flexibility index (Phi) is 6.78. The molecule has 1 fully saturated rings. The van der Waals surface area contributed by atoms with Crippen molar-refractivity contribution in [2.24, 2.45) is 5.92 Å². The molecule has 7 nitrogen and oxygen atoms in total. The number of amides is 3. The fourth-order valence-electron chi connectivity index (χ4n) is 3.30. The second-order valence-electron chi connectivity index (χ2n) is 6.59. The SMILES string of the molecule is O=CNCNC(=O)C(Cc1csc2ccccc12)NC(=O)C1CCNCC1. The van der Waals surface area contributed by atoms with Gasteiger partial charge in [-0.3, -0.25) is 14.4 Å². The Morgan fingerprint density at radius 3 is 2.81 bits per heavy atom. The third-order valence-electron chi connectivity index (χ3n) is 4.78.